The normalized spacial score (nSPS) is 14.9. The zero-order chi connectivity index (χ0) is 21.0. The van der Waals surface area contributed by atoms with E-state index in [4.69, 9.17) is 4.74 Å². The zero-order valence-corrected chi connectivity index (χ0v) is 18.4. The first-order valence-electron chi connectivity index (χ1n) is 9.34. The van der Waals surface area contributed by atoms with Gasteiger partial charge in [-0.1, -0.05) is 18.2 Å². The topological polar surface area (TPSA) is 75.7 Å². The van der Waals surface area contributed by atoms with E-state index in [-0.39, 0.29) is 9.77 Å². The van der Waals surface area contributed by atoms with Gasteiger partial charge in [-0.3, -0.25) is 4.79 Å². The number of carbonyl (C=O) groups excluding carboxylic acids is 1. The number of nitrogens with zero attached hydrogens (tertiary/aromatic N) is 1. The number of amides is 1. The van der Waals surface area contributed by atoms with Crippen molar-refractivity contribution in [2.75, 3.05) is 29.9 Å². The molecule has 1 saturated heterocycles. The van der Waals surface area contributed by atoms with E-state index in [0.29, 0.717) is 24.5 Å². The molecular formula is C21H20N2O4S3. The molecule has 1 amide bonds. The summed E-state index contributed by atoms with van der Waals surface area (Å²) < 4.78 is 33.1. The number of para-hydroxylation sites is 1. The molecule has 2 aromatic carbocycles. The van der Waals surface area contributed by atoms with E-state index in [1.807, 2.05) is 30.3 Å². The average molecular weight is 461 g/mol. The molecule has 0 radical (unpaired) electrons. The van der Waals surface area contributed by atoms with Gasteiger partial charge in [-0.15, -0.1) is 11.3 Å². The first-order chi connectivity index (χ1) is 14.5. The predicted octanol–water partition coefficient (Wildman–Crippen LogP) is 4.53. The Morgan fingerprint density at radius 3 is 2.30 bits per heavy atom. The predicted molar refractivity (Wildman–Crippen MR) is 121 cm³/mol. The van der Waals surface area contributed by atoms with Gasteiger partial charge in [0.15, 0.2) is 0 Å². The van der Waals surface area contributed by atoms with Crippen LogP contribution in [0, 0.1) is 0 Å². The lowest BCUT2D eigenvalue weighted by Gasteiger charge is -2.25. The van der Waals surface area contributed by atoms with E-state index in [1.165, 1.54) is 10.4 Å². The van der Waals surface area contributed by atoms with Crippen LogP contribution in [0.25, 0.3) is 0 Å². The number of rotatable bonds is 6. The Morgan fingerprint density at radius 1 is 0.933 bits per heavy atom. The van der Waals surface area contributed by atoms with Gasteiger partial charge in [0.1, 0.15) is 21.3 Å². The maximum atomic E-state index is 13.0. The van der Waals surface area contributed by atoms with Gasteiger partial charge in [-0.2, -0.15) is 16.1 Å². The lowest BCUT2D eigenvalue weighted by Crippen LogP contribution is -2.38. The Labute approximate surface area is 183 Å². The Balaban J connectivity index is 1.46. The van der Waals surface area contributed by atoms with Crippen LogP contribution in [-0.4, -0.2) is 43.2 Å². The molecule has 1 N–H and O–H groups in total. The molecule has 1 aliphatic rings. The van der Waals surface area contributed by atoms with Gasteiger partial charge in [0, 0.05) is 30.3 Å². The monoisotopic (exact) mass is 460 g/mol. The molecule has 4 rings (SSSR count). The lowest BCUT2D eigenvalue weighted by molar-refractivity contribution is 0.102. The van der Waals surface area contributed by atoms with Crippen molar-refractivity contribution < 1.29 is 17.9 Å². The smallest absolute Gasteiger partial charge is 0.267 e. The number of nitrogens with one attached hydrogen (secondary N) is 1. The minimum atomic E-state index is -3.68. The first-order valence-corrected chi connectivity index (χ1v) is 12.8. The van der Waals surface area contributed by atoms with E-state index in [0.717, 1.165) is 28.6 Å². The number of benzene rings is 2. The third-order valence-corrected chi connectivity index (χ3v) is 8.44. The van der Waals surface area contributed by atoms with Crippen LogP contribution in [0.1, 0.15) is 9.67 Å². The van der Waals surface area contributed by atoms with Crippen LogP contribution in [0.4, 0.5) is 5.69 Å². The number of thioether (sulfide) groups is 1. The highest BCUT2D eigenvalue weighted by Crippen LogP contribution is 2.28. The summed E-state index contributed by atoms with van der Waals surface area (Å²) in [6.07, 6.45) is 0. The van der Waals surface area contributed by atoms with Gasteiger partial charge in [-0.05, 0) is 47.8 Å². The van der Waals surface area contributed by atoms with Crippen LogP contribution in [0.5, 0.6) is 11.5 Å². The summed E-state index contributed by atoms with van der Waals surface area (Å²) in [6.45, 7) is 0.930. The van der Waals surface area contributed by atoms with Crippen LogP contribution < -0.4 is 10.1 Å². The molecule has 9 heteroatoms. The number of anilines is 1. The van der Waals surface area contributed by atoms with Gasteiger partial charge in [0.25, 0.3) is 5.91 Å². The fraction of sp³-hybridized carbons (Fsp3) is 0.190. The molecule has 0 aliphatic carbocycles. The molecule has 0 spiro atoms. The molecule has 156 valence electrons. The summed E-state index contributed by atoms with van der Waals surface area (Å²) in [5.41, 5.74) is 0.562. The summed E-state index contributed by atoms with van der Waals surface area (Å²) >= 11 is 2.86. The Morgan fingerprint density at radius 2 is 1.60 bits per heavy atom. The molecule has 1 aromatic heterocycles. The molecule has 0 bridgehead atoms. The molecule has 0 atom stereocenters. The summed E-state index contributed by atoms with van der Waals surface area (Å²) in [4.78, 5) is 13.0. The van der Waals surface area contributed by atoms with Gasteiger partial charge >= 0.3 is 0 Å². The van der Waals surface area contributed by atoms with E-state index in [9.17, 15) is 13.2 Å². The minimum Gasteiger partial charge on any atom is -0.457 e. The molecule has 1 fully saturated rings. The van der Waals surface area contributed by atoms with Crippen molar-refractivity contribution in [1.29, 1.82) is 0 Å². The Kier molecular flexibility index (Phi) is 6.43. The van der Waals surface area contributed by atoms with Gasteiger partial charge in [-0.25, -0.2) is 8.42 Å². The molecule has 1 aliphatic heterocycles. The molecular weight excluding hydrogens is 440 g/mol. The largest absolute Gasteiger partial charge is 0.457 e. The fourth-order valence-corrected chi connectivity index (χ4v) is 6.88. The van der Waals surface area contributed by atoms with Crippen LogP contribution >= 0.6 is 23.1 Å². The highest BCUT2D eigenvalue weighted by atomic mass is 32.2. The maximum absolute atomic E-state index is 13.0. The third-order valence-electron chi connectivity index (χ3n) is 4.51. The lowest BCUT2D eigenvalue weighted by atomic mass is 10.3. The number of carbonyl (C=O) groups is 1. The van der Waals surface area contributed by atoms with Gasteiger partial charge in [0.2, 0.25) is 10.0 Å². The number of ether oxygens (including phenoxy) is 1. The highest BCUT2D eigenvalue weighted by molar-refractivity contribution is 7.99. The second-order valence-electron chi connectivity index (χ2n) is 6.52. The van der Waals surface area contributed by atoms with Gasteiger partial charge in [0.05, 0.1) is 0 Å². The summed E-state index contributed by atoms with van der Waals surface area (Å²) in [7, 11) is -3.68. The van der Waals surface area contributed by atoms with Crippen LogP contribution in [0.15, 0.2) is 70.9 Å². The Bertz CT molecular complexity index is 1110. The van der Waals surface area contributed by atoms with E-state index in [2.05, 4.69) is 5.32 Å². The standard InChI is InChI=1S/C21H20N2O4S3/c24-21(20-19(10-13-29-20)30(25,26)23-11-14-28-15-12-23)22-16-6-8-18(9-7-16)27-17-4-2-1-3-5-17/h1-10,13H,11-12,14-15H2,(H,22,24). The molecule has 3 aromatic rings. The van der Waals surface area contributed by atoms with Crippen molar-refractivity contribution in [3.63, 3.8) is 0 Å². The number of hydrogen-bond donors (Lipinski definition) is 1. The van der Waals surface area contributed by atoms with Crippen molar-refractivity contribution in [1.82, 2.24) is 4.31 Å². The van der Waals surface area contributed by atoms with E-state index in [1.54, 1.807) is 41.4 Å². The van der Waals surface area contributed by atoms with Crippen molar-refractivity contribution in [2.45, 2.75) is 4.90 Å². The number of thiophene rings is 1. The molecule has 2 heterocycles. The number of sulfonamides is 1. The molecule has 0 saturated carbocycles. The molecule has 6 nitrogen and oxygen atoms in total. The van der Waals surface area contributed by atoms with E-state index >= 15 is 0 Å². The quantitative estimate of drug-likeness (QED) is 0.585. The average Bonchev–Trinajstić information content (AvgIpc) is 3.28. The van der Waals surface area contributed by atoms with Crippen LogP contribution in [-0.2, 0) is 10.0 Å². The van der Waals surface area contributed by atoms with E-state index < -0.39 is 15.9 Å². The first kappa shape index (κ1) is 20.9. The third kappa shape index (κ3) is 4.70. The molecule has 30 heavy (non-hydrogen) atoms. The second-order valence-corrected chi connectivity index (χ2v) is 10.6. The number of hydrogen-bond acceptors (Lipinski definition) is 6. The van der Waals surface area contributed by atoms with Crippen molar-refractivity contribution in [3.05, 3.63) is 70.9 Å². The van der Waals surface area contributed by atoms with Crippen molar-refractivity contribution >= 4 is 44.7 Å². The summed E-state index contributed by atoms with van der Waals surface area (Å²) in [5, 5.41) is 4.42. The highest BCUT2D eigenvalue weighted by Gasteiger charge is 2.31. The van der Waals surface area contributed by atoms with Gasteiger partial charge < -0.3 is 10.1 Å². The summed E-state index contributed by atoms with van der Waals surface area (Å²) in [6, 6.07) is 17.9. The van der Waals surface area contributed by atoms with Crippen LogP contribution in [0.3, 0.4) is 0 Å². The SMILES string of the molecule is O=C(Nc1ccc(Oc2ccccc2)cc1)c1sccc1S(=O)(=O)N1CCSCC1. The minimum absolute atomic E-state index is 0.0703. The maximum Gasteiger partial charge on any atom is 0.267 e. The zero-order valence-electron chi connectivity index (χ0n) is 16.0. The van der Waals surface area contributed by atoms with Crippen molar-refractivity contribution in [2.24, 2.45) is 0 Å². The summed E-state index contributed by atoms with van der Waals surface area (Å²) in [5.74, 6) is 2.46. The second kappa shape index (κ2) is 9.22. The fourth-order valence-electron chi connectivity index (χ4n) is 3.01. The van der Waals surface area contributed by atoms with Crippen molar-refractivity contribution in [3.8, 4) is 11.5 Å². The molecule has 0 unspecified atom stereocenters. The Hall–Kier alpha value is -2.33. The van der Waals surface area contributed by atoms with Crippen LogP contribution in [0.2, 0.25) is 0 Å².